The first kappa shape index (κ1) is 5.69. The third kappa shape index (κ3) is 0.700. The predicted molar refractivity (Wildman–Crippen MR) is 35.1 cm³/mol. The lowest BCUT2D eigenvalue weighted by molar-refractivity contribution is 0.0423. The van der Waals surface area contributed by atoms with Gasteiger partial charge in [0.1, 0.15) is 0 Å². The Kier molecular flexibility index (Phi) is 0.945. The highest BCUT2D eigenvalue weighted by atomic mass is 16.5. The Balaban J connectivity index is 2.19. The fraction of sp³-hybridized carbons (Fsp3) is 1.00. The summed E-state index contributed by atoms with van der Waals surface area (Å²) in [5.74, 6) is 0. The van der Waals surface area contributed by atoms with Crippen LogP contribution in [0.5, 0.6) is 0 Å². The number of ether oxygens (including phenoxy) is 1. The largest absolute Gasteiger partial charge is 0.376 e. The second-order valence-electron chi connectivity index (χ2n) is 3.73. The second kappa shape index (κ2) is 1.50. The van der Waals surface area contributed by atoms with Crippen LogP contribution < -0.4 is 5.73 Å². The molecule has 2 unspecified atom stereocenters. The molecule has 2 fully saturated rings. The monoisotopic (exact) mass is 127 g/mol. The van der Waals surface area contributed by atoms with Crippen molar-refractivity contribution in [2.24, 2.45) is 11.1 Å². The van der Waals surface area contributed by atoms with E-state index in [0.29, 0.717) is 17.6 Å². The van der Waals surface area contributed by atoms with Gasteiger partial charge in [-0.1, -0.05) is 6.92 Å². The normalized spacial score (nSPS) is 56.7. The summed E-state index contributed by atoms with van der Waals surface area (Å²) in [5, 5.41) is 0. The van der Waals surface area contributed by atoms with Crippen LogP contribution in [0.3, 0.4) is 0 Å². The quantitative estimate of drug-likeness (QED) is 0.514. The van der Waals surface area contributed by atoms with Gasteiger partial charge < -0.3 is 10.5 Å². The van der Waals surface area contributed by atoms with E-state index < -0.39 is 0 Å². The van der Waals surface area contributed by atoms with Crippen LogP contribution in [0, 0.1) is 5.41 Å². The molecule has 1 aliphatic heterocycles. The summed E-state index contributed by atoms with van der Waals surface area (Å²) in [6.07, 6.45) is 2.74. The van der Waals surface area contributed by atoms with Crippen LogP contribution in [0.1, 0.15) is 19.8 Å². The molecule has 0 radical (unpaired) electrons. The molecule has 0 amide bonds. The standard InChI is InChI=1S/C7H13NO/c1-7-2-5(8)6(3-7)9-4-7/h5-6H,2-4,8H2,1H3/t5?,6?,7-/m1/s1. The van der Waals surface area contributed by atoms with Gasteiger partial charge in [0.15, 0.2) is 0 Å². The van der Waals surface area contributed by atoms with Gasteiger partial charge in [0.25, 0.3) is 0 Å². The van der Waals surface area contributed by atoms with Gasteiger partial charge in [-0.05, 0) is 18.3 Å². The molecule has 2 bridgehead atoms. The Bertz CT molecular complexity index is 133. The first-order valence-corrected chi connectivity index (χ1v) is 3.57. The summed E-state index contributed by atoms with van der Waals surface area (Å²) < 4.78 is 5.44. The average molecular weight is 127 g/mol. The van der Waals surface area contributed by atoms with Gasteiger partial charge in [-0.25, -0.2) is 0 Å². The van der Waals surface area contributed by atoms with Gasteiger partial charge in [0, 0.05) is 6.04 Å². The zero-order chi connectivity index (χ0) is 6.48. The Morgan fingerprint density at radius 3 is 2.56 bits per heavy atom. The molecule has 0 aromatic carbocycles. The second-order valence-corrected chi connectivity index (χ2v) is 3.73. The molecular formula is C7H13NO. The van der Waals surface area contributed by atoms with Crippen molar-refractivity contribution >= 4 is 0 Å². The van der Waals surface area contributed by atoms with E-state index >= 15 is 0 Å². The molecule has 1 heterocycles. The molecular weight excluding hydrogens is 114 g/mol. The number of fused-ring (bicyclic) bond motifs is 2. The lowest BCUT2D eigenvalue weighted by Gasteiger charge is -2.23. The fourth-order valence-corrected chi connectivity index (χ4v) is 2.03. The molecule has 1 aliphatic carbocycles. The highest BCUT2D eigenvalue weighted by Crippen LogP contribution is 2.44. The summed E-state index contributed by atoms with van der Waals surface area (Å²) in [6.45, 7) is 3.20. The number of nitrogens with two attached hydrogens (primary N) is 1. The molecule has 0 spiro atoms. The van der Waals surface area contributed by atoms with Crippen LogP contribution in [0.4, 0.5) is 0 Å². The van der Waals surface area contributed by atoms with Crippen LogP contribution in [0.25, 0.3) is 0 Å². The SMILES string of the molecule is C[C@]12COC(C1)C(N)C2. The minimum atomic E-state index is 0.323. The molecule has 2 aliphatic rings. The van der Waals surface area contributed by atoms with E-state index in [1.165, 1.54) is 6.42 Å². The highest BCUT2D eigenvalue weighted by Gasteiger charge is 2.47. The third-order valence-corrected chi connectivity index (χ3v) is 2.55. The number of hydrogen-bond donors (Lipinski definition) is 1. The highest BCUT2D eigenvalue weighted by molar-refractivity contribution is 4.99. The van der Waals surface area contributed by atoms with Crippen molar-refractivity contribution in [1.82, 2.24) is 0 Å². The Morgan fingerprint density at radius 2 is 2.33 bits per heavy atom. The van der Waals surface area contributed by atoms with E-state index in [4.69, 9.17) is 10.5 Å². The summed E-state index contributed by atoms with van der Waals surface area (Å²) >= 11 is 0. The zero-order valence-corrected chi connectivity index (χ0v) is 5.76. The number of rotatable bonds is 0. The van der Waals surface area contributed by atoms with Crippen molar-refractivity contribution in [3.63, 3.8) is 0 Å². The molecule has 2 nitrogen and oxygen atoms in total. The van der Waals surface area contributed by atoms with Gasteiger partial charge in [0.2, 0.25) is 0 Å². The summed E-state index contributed by atoms with van der Waals surface area (Å²) in [4.78, 5) is 0. The van der Waals surface area contributed by atoms with Crippen LogP contribution in [0.2, 0.25) is 0 Å². The smallest absolute Gasteiger partial charge is 0.0732 e. The Labute approximate surface area is 55.4 Å². The summed E-state index contributed by atoms with van der Waals surface area (Å²) in [5.41, 5.74) is 6.21. The van der Waals surface area contributed by atoms with Crippen LogP contribution >= 0.6 is 0 Å². The van der Waals surface area contributed by atoms with Gasteiger partial charge in [-0.15, -0.1) is 0 Å². The molecule has 52 valence electrons. The fourth-order valence-electron chi connectivity index (χ4n) is 2.03. The molecule has 2 rings (SSSR count). The first-order valence-electron chi connectivity index (χ1n) is 3.57. The molecule has 1 saturated carbocycles. The lowest BCUT2D eigenvalue weighted by atomic mass is 9.91. The molecule has 0 aromatic rings. The van der Waals surface area contributed by atoms with Crippen molar-refractivity contribution in [3.8, 4) is 0 Å². The average Bonchev–Trinajstić information content (AvgIpc) is 2.20. The third-order valence-electron chi connectivity index (χ3n) is 2.55. The maximum absolute atomic E-state index is 5.78. The first-order chi connectivity index (χ1) is 4.20. The van der Waals surface area contributed by atoms with Crippen LogP contribution in [-0.4, -0.2) is 18.8 Å². The van der Waals surface area contributed by atoms with E-state index in [1.54, 1.807) is 0 Å². The van der Waals surface area contributed by atoms with Gasteiger partial charge >= 0.3 is 0 Å². The van der Waals surface area contributed by atoms with Crippen LogP contribution in [0.15, 0.2) is 0 Å². The van der Waals surface area contributed by atoms with E-state index in [9.17, 15) is 0 Å². The van der Waals surface area contributed by atoms with Gasteiger partial charge in [0.05, 0.1) is 12.7 Å². The zero-order valence-electron chi connectivity index (χ0n) is 5.76. The van der Waals surface area contributed by atoms with E-state index in [-0.39, 0.29) is 0 Å². The van der Waals surface area contributed by atoms with Gasteiger partial charge in [-0.2, -0.15) is 0 Å². The predicted octanol–water partition coefficient (Wildman–Crippen LogP) is 0.513. The summed E-state index contributed by atoms with van der Waals surface area (Å²) in [6, 6.07) is 0.323. The van der Waals surface area contributed by atoms with Crippen molar-refractivity contribution in [3.05, 3.63) is 0 Å². The lowest BCUT2D eigenvalue weighted by Crippen LogP contribution is -2.35. The number of hydrogen-bond acceptors (Lipinski definition) is 2. The molecule has 9 heavy (non-hydrogen) atoms. The van der Waals surface area contributed by atoms with Crippen molar-refractivity contribution in [2.75, 3.05) is 6.61 Å². The van der Waals surface area contributed by atoms with Crippen molar-refractivity contribution in [1.29, 1.82) is 0 Å². The molecule has 1 saturated heterocycles. The maximum atomic E-state index is 5.78. The Hall–Kier alpha value is -0.0800. The topological polar surface area (TPSA) is 35.2 Å². The summed E-state index contributed by atoms with van der Waals surface area (Å²) in [7, 11) is 0. The van der Waals surface area contributed by atoms with Crippen molar-refractivity contribution in [2.45, 2.75) is 31.9 Å². The van der Waals surface area contributed by atoms with E-state index in [1.807, 2.05) is 0 Å². The molecule has 3 atom stereocenters. The maximum Gasteiger partial charge on any atom is 0.0732 e. The van der Waals surface area contributed by atoms with E-state index in [0.717, 1.165) is 13.0 Å². The van der Waals surface area contributed by atoms with Gasteiger partial charge in [-0.3, -0.25) is 0 Å². The Morgan fingerprint density at radius 1 is 1.56 bits per heavy atom. The van der Waals surface area contributed by atoms with E-state index in [2.05, 4.69) is 6.92 Å². The van der Waals surface area contributed by atoms with Crippen LogP contribution in [-0.2, 0) is 4.74 Å². The van der Waals surface area contributed by atoms with Crippen molar-refractivity contribution < 1.29 is 4.74 Å². The minimum absolute atomic E-state index is 0.323. The molecule has 2 heteroatoms. The minimum Gasteiger partial charge on any atom is -0.376 e. The molecule has 2 N–H and O–H groups in total. The molecule has 0 aromatic heterocycles.